The third-order valence-electron chi connectivity index (χ3n) is 3.98. The molecule has 0 spiro atoms. The van der Waals surface area contributed by atoms with E-state index in [1.807, 2.05) is 40.0 Å². The van der Waals surface area contributed by atoms with Crippen LogP contribution in [0, 0.1) is 13.8 Å². The highest BCUT2D eigenvalue weighted by atomic mass is 32.1. The molecule has 28 heavy (non-hydrogen) atoms. The van der Waals surface area contributed by atoms with Gasteiger partial charge in [0, 0.05) is 25.0 Å². The van der Waals surface area contributed by atoms with Crippen LogP contribution in [0.3, 0.4) is 0 Å². The molecular formula is C20H29N5O2S. The van der Waals surface area contributed by atoms with Crippen molar-refractivity contribution in [2.75, 3.05) is 19.7 Å². The van der Waals surface area contributed by atoms with Gasteiger partial charge in [-0.3, -0.25) is 9.98 Å². The molecule has 0 aliphatic rings. The van der Waals surface area contributed by atoms with Crippen LogP contribution >= 0.6 is 11.3 Å². The lowest BCUT2D eigenvalue weighted by molar-refractivity contribution is 0.0531. The number of aromatic nitrogens is 2. The average molecular weight is 404 g/mol. The van der Waals surface area contributed by atoms with E-state index >= 15 is 0 Å². The lowest BCUT2D eigenvalue weighted by atomic mass is 10.2. The summed E-state index contributed by atoms with van der Waals surface area (Å²) in [5.74, 6) is 0.406. The Balaban J connectivity index is 2.01. The van der Waals surface area contributed by atoms with Gasteiger partial charge in [0.15, 0.2) is 5.96 Å². The predicted octanol–water partition coefficient (Wildman–Crippen LogP) is 3.19. The quantitative estimate of drug-likeness (QED) is 0.400. The largest absolute Gasteiger partial charge is 0.462 e. The standard InChI is InChI=1S/C20H29N5O2S/c1-6-21-20(22-11-10-16-9-8-13(3)23-12-16)25-15(5)18-24-14(4)17(28-18)19(26)27-7-2/h8-9,12,15H,6-7,10-11H2,1-5H3,(H2,21,22,25). The molecule has 0 amide bonds. The summed E-state index contributed by atoms with van der Waals surface area (Å²) in [6.45, 7) is 11.4. The molecule has 0 aliphatic carbocycles. The Labute approximate surface area is 170 Å². The number of rotatable bonds is 8. The Morgan fingerprint density at radius 3 is 2.75 bits per heavy atom. The number of pyridine rings is 1. The third kappa shape index (κ3) is 6.30. The number of thiazole rings is 1. The molecule has 2 rings (SSSR count). The molecule has 152 valence electrons. The van der Waals surface area contributed by atoms with E-state index in [0.29, 0.717) is 23.7 Å². The molecular weight excluding hydrogens is 374 g/mol. The lowest BCUT2D eigenvalue weighted by Crippen LogP contribution is -2.38. The van der Waals surface area contributed by atoms with Gasteiger partial charge in [-0.05, 0) is 52.7 Å². The number of ether oxygens (including phenoxy) is 1. The molecule has 0 saturated carbocycles. The van der Waals surface area contributed by atoms with Crippen molar-refractivity contribution in [3.05, 3.63) is 45.2 Å². The normalized spacial score (nSPS) is 12.5. The van der Waals surface area contributed by atoms with Crippen LogP contribution in [0.1, 0.15) is 58.4 Å². The van der Waals surface area contributed by atoms with Gasteiger partial charge in [-0.1, -0.05) is 6.07 Å². The van der Waals surface area contributed by atoms with Crippen LogP contribution < -0.4 is 10.6 Å². The van der Waals surface area contributed by atoms with Crippen molar-refractivity contribution in [1.82, 2.24) is 20.6 Å². The smallest absolute Gasteiger partial charge is 0.350 e. The summed E-state index contributed by atoms with van der Waals surface area (Å²) < 4.78 is 5.09. The topological polar surface area (TPSA) is 88.5 Å². The number of carbonyl (C=O) groups excluding carboxylic acids is 1. The molecule has 1 atom stereocenters. The molecule has 2 N–H and O–H groups in total. The highest BCUT2D eigenvalue weighted by molar-refractivity contribution is 7.13. The fourth-order valence-electron chi connectivity index (χ4n) is 2.52. The number of nitrogens with zero attached hydrogens (tertiary/aromatic N) is 3. The summed E-state index contributed by atoms with van der Waals surface area (Å²) in [5, 5.41) is 7.44. The third-order valence-corrected chi connectivity index (χ3v) is 5.31. The number of hydrogen-bond acceptors (Lipinski definition) is 6. The molecule has 2 aromatic heterocycles. The first-order chi connectivity index (χ1) is 13.4. The zero-order valence-corrected chi connectivity index (χ0v) is 18.0. The van der Waals surface area contributed by atoms with Crippen LogP contribution in [0.2, 0.25) is 0 Å². The maximum absolute atomic E-state index is 12.0. The molecule has 0 aromatic carbocycles. The van der Waals surface area contributed by atoms with Gasteiger partial charge in [-0.15, -0.1) is 11.3 Å². The molecule has 0 saturated heterocycles. The van der Waals surface area contributed by atoms with Gasteiger partial charge in [0.2, 0.25) is 0 Å². The molecule has 1 unspecified atom stereocenters. The van der Waals surface area contributed by atoms with Crippen molar-refractivity contribution in [2.24, 2.45) is 4.99 Å². The van der Waals surface area contributed by atoms with Crippen molar-refractivity contribution >= 4 is 23.3 Å². The van der Waals surface area contributed by atoms with Gasteiger partial charge in [0.25, 0.3) is 0 Å². The van der Waals surface area contributed by atoms with Crippen LogP contribution in [0.25, 0.3) is 0 Å². The van der Waals surface area contributed by atoms with Crippen molar-refractivity contribution in [3.8, 4) is 0 Å². The van der Waals surface area contributed by atoms with Gasteiger partial charge in [0.05, 0.1) is 18.3 Å². The van der Waals surface area contributed by atoms with E-state index in [9.17, 15) is 4.79 Å². The van der Waals surface area contributed by atoms with Crippen LogP contribution in [0.5, 0.6) is 0 Å². The zero-order chi connectivity index (χ0) is 20.5. The van der Waals surface area contributed by atoms with E-state index in [1.54, 1.807) is 6.92 Å². The molecule has 0 aliphatic heterocycles. The lowest BCUT2D eigenvalue weighted by Gasteiger charge is -2.16. The highest BCUT2D eigenvalue weighted by Crippen LogP contribution is 2.24. The molecule has 2 aromatic rings. The molecule has 2 heterocycles. The second-order valence-corrected chi connectivity index (χ2v) is 7.40. The number of nitrogens with one attached hydrogen (secondary N) is 2. The van der Waals surface area contributed by atoms with Crippen LogP contribution in [-0.2, 0) is 11.2 Å². The Bertz CT molecular complexity index is 801. The number of aryl methyl sites for hydroxylation is 2. The van der Waals surface area contributed by atoms with E-state index in [0.717, 1.165) is 35.2 Å². The van der Waals surface area contributed by atoms with Crippen molar-refractivity contribution in [3.63, 3.8) is 0 Å². The Hall–Kier alpha value is -2.48. The monoisotopic (exact) mass is 403 g/mol. The van der Waals surface area contributed by atoms with Crippen LogP contribution in [-0.4, -0.2) is 41.6 Å². The number of hydrogen-bond donors (Lipinski definition) is 2. The Morgan fingerprint density at radius 2 is 2.11 bits per heavy atom. The predicted molar refractivity (Wildman–Crippen MR) is 113 cm³/mol. The van der Waals surface area contributed by atoms with E-state index in [-0.39, 0.29) is 12.0 Å². The summed E-state index contributed by atoms with van der Waals surface area (Å²) in [5.41, 5.74) is 2.87. The summed E-state index contributed by atoms with van der Waals surface area (Å²) in [6, 6.07) is 4.01. The molecule has 0 fully saturated rings. The summed E-state index contributed by atoms with van der Waals surface area (Å²) in [6.07, 6.45) is 2.71. The van der Waals surface area contributed by atoms with E-state index in [4.69, 9.17) is 4.74 Å². The van der Waals surface area contributed by atoms with Crippen molar-refractivity contribution in [1.29, 1.82) is 0 Å². The minimum atomic E-state index is -0.316. The molecule has 7 nitrogen and oxygen atoms in total. The molecule has 8 heteroatoms. The molecule has 0 bridgehead atoms. The fraction of sp³-hybridized carbons (Fsp3) is 0.500. The van der Waals surface area contributed by atoms with Gasteiger partial charge in [0.1, 0.15) is 9.88 Å². The number of aliphatic imine (C=N–C) groups is 1. The summed E-state index contributed by atoms with van der Waals surface area (Å²) in [7, 11) is 0. The number of carbonyl (C=O) groups is 1. The van der Waals surface area contributed by atoms with E-state index < -0.39 is 0 Å². The van der Waals surface area contributed by atoms with Gasteiger partial charge >= 0.3 is 5.97 Å². The maximum atomic E-state index is 12.0. The minimum Gasteiger partial charge on any atom is -0.462 e. The number of guanidine groups is 1. The zero-order valence-electron chi connectivity index (χ0n) is 17.2. The molecule has 0 radical (unpaired) electrons. The van der Waals surface area contributed by atoms with Gasteiger partial charge in [-0.25, -0.2) is 9.78 Å². The first kappa shape index (κ1) is 21.8. The minimum absolute atomic E-state index is 0.0780. The summed E-state index contributed by atoms with van der Waals surface area (Å²) >= 11 is 1.36. The SMILES string of the molecule is CCNC(=NCCc1ccc(C)nc1)NC(C)c1nc(C)c(C(=O)OCC)s1. The Morgan fingerprint density at radius 1 is 1.32 bits per heavy atom. The first-order valence-electron chi connectivity index (χ1n) is 9.55. The maximum Gasteiger partial charge on any atom is 0.350 e. The van der Waals surface area contributed by atoms with Crippen LogP contribution in [0.4, 0.5) is 0 Å². The second-order valence-electron chi connectivity index (χ2n) is 6.37. The first-order valence-corrected chi connectivity index (χ1v) is 10.4. The number of esters is 1. The van der Waals surface area contributed by atoms with Crippen LogP contribution in [0.15, 0.2) is 23.3 Å². The van der Waals surface area contributed by atoms with E-state index in [1.165, 1.54) is 11.3 Å². The fourth-order valence-corrected chi connectivity index (χ4v) is 3.48. The van der Waals surface area contributed by atoms with Crippen molar-refractivity contribution < 1.29 is 9.53 Å². The average Bonchev–Trinajstić information content (AvgIpc) is 3.06. The highest BCUT2D eigenvalue weighted by Gasteiger charge is 2.20. The second kappa shape index (κ2) is 10.8. The summed E-state index contributed by atoms with van der Waals surface area (Å²) in [4.78, 5) is 26.0. The van der Waals surface area contributed by atoms with E-state index in [2.05, 4.69) is 31.7 Å². The van der Waals surface area contributed by atoms with Crippen molar-refractivity contribution in [2.45, 2.75) is 47.1 Å². The Kier molecular flexibility index (Phi) is 8.38. The van der Waals surface area contributed by atoms with Gasteiger partial charge < -0.3 is 15.4 Å². The van der Waals surface area contributed by atoms with Gasteiger partial charge in [-0.2, -0.15) is 0 Å².